The number of carbonyl (C=O) groups is 1. The molecule has 0 aliphatic carbocycles. The second kappa shape index (κ2) is 7.65. The maximum atomic E-state index is 13.9. The van der Waals surface area contributed by atoms with Crippen LogP contribution in [0.4, 0.5) is 13.9 Å². The first kappa shape index (κ1) is 21.1. The Morgan fingerprint density at radius 1 is 1.17 bits per heavy atom. The van der Waals surface area contributed by atoms with Crippen LogP contribution in [0.5, 0.6) is 0 Å². The summed E-state index contributed by atoms with van der Waals surface area (Å²) in [6, 6.07) is 5.36. The molecule has 1 aromatic carbocycles. The molecule has 1 amide bonds. The van der Waals surface area contributed by atoms with Crippen molar-refractivity contribution in [1.82, 2.24) is 9.71 Å². The monoisotopic (exact) mass is 441 g/mol. The van der Waals surface area contributed by atoms with Crippen LogP contribution in [0.25, 0.3) is 11.3 Å². The summed E-state index contributed by atoms with van der Waals surface area (Å²) in [6.07, 6.45) is 0. The van der Waals surface area contributed by atoms with Gasteiger partial charge in [0.2, 0.25) is 5.09 Å². The summed E-state index contributed by atoms with van der Waals surface area (Å²) in [5.74, 6) is -2.24. The van der Waals surface area contributed by atoms with E-state index in [2.05, 4.69) is 15.0 Å². The quantitative estimate of drug-likeness (QED) is 0.623. The van der Waals surface area contributed by atoms with Gasteiger partial charge < -0.3 is 4.42 Å². The van der Waals surface area contributed by atoms with E-state index >= 15 is 0 Å². The van der Waals surface area contributed by atoms with Gasteiger partial charge in [-0.25, -0.2) is 26.9 Å². The van der Waals surface area contributed by atoms with E-state index in [9.17, 15) is 22.0 Å². The molecule has 3 rings (SSSR count). The van der Waals surface area contributed by atoms with Crippen molar-refractivity contribution < 1.29 is 26.4 Å². The number of nitrogens with one attached hydrogen (secondary N) is 2. The van der Waals surface area contributed by atoms with Gasteiger partial charge in [-0.15, -0.1) is 11.3 Å². The zero-order valence-electron chi connectivity index (χ0n) is 15.6. The molecule has 11 heteroatoms. The number of anilines is 1. The van der Waals surface area contributed by atoms with Crippen molar-refractivity contribution in [2.24, 2.45) is 0 Å². The van der Waals surface area contributed by atoms with Crippen molar-refractivity contribution in [1.29, 1.82) is 0 Å². The Bertz CT molecular complexity index is 1160. The van der Waals surface area contributed by atoms with Gasteiger partial charge in [-0.3, -0.25) is 10.1 Å². The first-order valence-corrected chi connectivity index (χ1v) is 10.7. The number of furan rings is 1. The summed E-state index contributed by atoms with van der Waals surface area (Å²) >= 11 is 0.998. The number of sulfonamides is 1. The SMILES string of the molecule is CC(C)(C)NS(=O)(=O)c1ccc(C(=O)Nc2nc(-c3cc(F)ccc3F)cs2)o1. The second-order valence-corrected chi connectivity index (χ2v) is 9.56. The molecule has 3 aromatic rings. The molecule has 0 unspecified atom stereocenters. The highest BCUT2D eigenvalue weighted by atomic mass is 32.2. The third-order valence-corrected chi connectivity index (χ3v) is 5.83. The molecule has 29 heavy (non-hydrogen) atoms. The molecule has 0 spiro atoms. The molecule has 0 radical (unpaired) electrons. The Morgan fingerprint density at radius 3 is 2.59 bits per heavy atom. The van der Waals surface area contributed by atoms with Crippen molar-refractivity contribution in [3.05, 3.63) is 53.1 Å². The number of halogens is 2. The largest absolute Gasteiger partial charge is 0.438 e. The number of carbonyl (C=O) groups excluding carboxylic acids is 1. The van der Waals surface area contributed by atoms with Gasteiger partial charge >= 0.3 is 0 Å². The normalized spacial score (nSPS) is 12.2. The highest BCUT2D eigenvalue weighted by molar-refractivity contribution is 7.89. The van der Waals surface area contributed by atoms with Crippen LogP contribution in [0.3, 0.4) is 0 Å². The number of benzene rings is 1. The van der Waals surface area contributed by atoms with Crippen LogP contribution in [0.2, 0.25) is 0 Å². The Kier molecular flexibility index (Phi) is 5.57. The van der Waals surface area contributed by atoms with Crippen LogP contribution in [0.1, 0.15) is 31.3 Å². The van der Waals surface area contributed by atoms with Crippen molar-refractivity contribution >= 4 is 32.4 Å². The molecule has 7 nitrogen and oxygen atoms in total. The molecule has 2 aromatic heterocycles. The Hall–Kier alpha value is -2.63. The maximum absolute atomic E-state index is 13.9. The summed E-state index contributed by atoms with van der Waals surface area (Å²) in [5.41, 5.74) is -0.613. The van der Waals surface area contributed by atoms with Crippen LogP contribution in [0, 0.1) is 11.6 Å². The lowest BCUT2D eigenvalue weighted by molar-refractivity contribution is 0.0991. The summed E-state index contributed by atoms with van der Waals surface area (Å²) in [5, 5.41) is 3.61. The highest BCUT2D eigenvalue weighted by Crippen LogP contribution is 2.28. The number of aromatic nitrogens is 1. The number of thiazole rings is 1. The zero-order valence-corrected chi connectivity index (χ0v) is 17.2. The summed E-state index contributed by atoms with van der Waals surface area (Å²) in [4.78, 5) is 16.4. The molecule has 0 aliphatic heterocycles. The number of hydrogen-bond acceptors (Lipinski definition) is 6. The fraction of sp³-hybridized carbons (Fsp3) is 0.222. The van der Waals surface area contributed by atoms with Gasteiger partial charge in [0.15, 0.2) is 10.9 Å². The maximum Gasteiger partial charge on any atom is 0.293 e. The Balaban J connectivity index is 1.76. The van der Waals surface area contributed by atoms with E-state index in [0.717, 1.165) is 29.5 Å². The highest BCUT2D eigenvalue weighted by Gasteiger charge is 2.26. The summed E-state index contributed by atoms with van der Waals surface area (Å²) in [7, 11) is -3.93. The fourth-order valence-corrected chi connectivity index (χ4v) is 4.41. The first-order chi connectivity index (χ1) is 13.4. The van der Waals surface area contributed by atoms with Gasteiger partial charge in [0.05, 0.1) is 5.69 Å². The summed E-state index contributed by atoms with van der Waals surface area (Å²) in [6.45, 7) is 5.01. The zero-order chi connectivity index (χ0) is 21.4. The minimum Gasteiger partial charge on any atom is -0.438 e. The van der Waals surface area contributed by atoms with E-state index in [1.807, 2.05) is 0 Å². The lowest BCUT2D eigenvalue weighted by Crippen LogP contribution is -2.40. The predicted octanol–water partition coefficient (Wildman–Crippen LogP) is 4.01. The van der Waals surface area contributed by atoms with Crippen molar-refractivity contribution in [3.63, 3.8) is 0 Å². The average molecular weight is 441 g/mol. The molecule has 0 aliphatic rings. The van der Waals surface area contributed by atoms with Gasteiger partial charge in [0.25, 0.3) is 15.9 Å². The number of rotatable bonds is 5. The fourth-order valence-electron chi connectivity index (χ4n) is 2.35. The Morgan fingerprint density at radius 2 is 1.90 bits per heavy atom. The Labute approximate surface area is 169 Å². The van der Waals surface area contributed by atoms with Crippen LogP contribution in [0.15, 0.2) is 45.2 Å². The summed E-state index contributed by atoms with van der Waals surface area (Å²) < 4.78 is 59.3. The van der Waals surface area contributed by atoms with E-state index in [4.69, 9.17) is 4.42 Å². The van der Waals surface area contributed by atoms with E-state index in [0.29, 0.717) is 0 Å². The van der Waals surface area contributed by atoms with Crippen LogP contribution in [-0.4, -0.2) is 24.8 Å². The average Bonchev–Trinajstić information content (AvgIpc) is 3.24. The van der Waals surface area contributed by atoms with E-state index in [1.54, 1.807) is 20.8 Å². The van der Waals surface area contributed by atoms with E-state index in [-0.39, 0.29) is 22.1 Å². The molecule has 0 bridgehead atoms. The smallest absolute Gasteiger partial charge is 0.293 e. The third kappa shape index (κ3) is 5.05. The van der Waals surface area contributed by atoms with E-state index in [1.165, 1.54) is 17.5 Å². The molecule has 0 fully saturated rings. The molecule has 0 atom stereocenters. The van der Waals surface area contributed by atoms with E-state index < -0.39 is 38.2 Å². The van der Waals surface area contributed by atoms with Gasteiger partial charge in [-0.05, 0) is 51.1 Å². The third-order valence-electron chi connectivity index (χ3n) is 3.44. The minimum absolute atomic E-state index is 0.0404. The molecular formula is C18H17F2N3O4S2. The van der Waals surface area contributed by atoms with Gasteiger partial charge in [0.1, 0.15) is 11.6 Å². The lowest BCUT2D eigenvalue weighted by atomic mass is 10.1. The molecule has 2 N–H and O–H groups in total. The van der Waals surface area contributed by atoms with Gasteiger partial charge in [-0.2, -0.15) is 0 Å². The predicted molar refractivity (Wildman–Crippen MR) is 104 cm³/mol. The second-order valence-electron chi connectivity index (χ2n) is 7.09. The van der Waals surface area contributed by atoms with Crippen molar-refractivity contribution in [2.45, 2.75) is 31.4 Å². The van der Waals surface area contributed by atoms with Crippen LogP contribution in [-0.2, 0) is 10.0 Å². The molecule has 0 saturated heterocycles. The lowest BCUT2D eigenvalue weighted by Gasteiger charge is -2.18. The van der Waals surface area contributed by atoms with Crippen molar-refractivity contribution in [2.75, 3.05) is 5.32 Å². The topological polar surface area (TPSA) is 101 Å². The standard InChI is InChI=1S/C18H17F2N3O4S2/c1-18(2,3)23-29(25,26)15-7-6-14(27-15)16(24)22-17-21-13(9-28-17)11-8-10(19)4-5-12(11)20/h4-9,23H,1-3H3,(H,21,22,24). The first-order valence-electron chi connectivity index (χ1n) is 8.31. The number of nitrogens with zero attached hydrogens (tertiary/aromatic N) is 1. The molecular weight excluding hydrogens is 424 g/mol. The molecule has 154 valence electrons. The molecule has 2 heterocycles. The number of amides is 1. The van der Waals surface area contributed by atoms with Crippen molar-refractivity contribution in [3.8, 4) is 11.3 Å². The van der Waals surface area contributed by atoms with Crippen LogP contribution < -0.4 is 10.0 Å². The van der Waals surface area contributed by atoms with Gasteiger partial charge in [-0.1, -0.05) is 0 Å². The molecule has 0 saturated carbocycles. The minimum atomic E-state index is -3.93. The van der Waals surface area contributed by atoms with Crippen LogP contribution >= 0.6 is 11.3 Å². The van der Waals surface area contributed by atoms with Gasteiger partial charge in [0, 0.05) is 16.5 Å². The number of hydrogen-bond donors (Lipinski definition) is 2.